The molecular weight excluding hydrogens is 445 g/mol. The molecule has 2 aromatic rings. The fraction of sp³-hybridized carbons (Fsp3) is 0.500. The SMILES string of the molecule is CN1CCC2(CC1)COc1cc(-c3ccccc3F)ccc1S(=O)(=O)NCC(O)CN(C)C2. The van der Waals surface area contributed by atoms with Gasteiger partial charge in [-0.15, -0.1) is 0 Å². The van der Waals surface area contributed by atoms with Crippen molar-refractivity contribution < 1.29 is 22.7 Å². The predicted molar refractivity (Wildman–Crippen MR) is 125 cm³/mol. The van der Waals surface area contributed by atoms with Crippen LogP contribution >= 0.6 is 0 Å². The Morgan fingerprint density at radius 2 is 1.85 bits per heavy atom. The Balaban J connectivity index is 1.75. The van der Waals surface area contributed by atoms with E-state index in [2.05, 4.69) is 16.7 Å². The van der Waals surface area contributed by atoms with E-state index in [1.54, 1.807) is 30.3 Å². The van der Waals surface area contributed by atoms with E-state index in [1.807, 2.05) is 11.9 Å². The summed E-state index contributed by atoms with van der Waals surface area (Å²) >= 11 is 0. The van der Waals surface area contributed by atoms with Crippen LogP contribution in [0, 0.1) is 11.2 Å². The number of hydrogen-bond acceptors (Lipinski definition) is 6. The van der Waals surface area contributed by atoms with Gasteiger partial charge in [0.25, 0.3) is 0 Å². The van der Waals surface area contributed by atoms with Crippen molar-refractivity contribution >= 4 is 10.0 Å². The summed E-state index contributed by atoms with van der Waals surface area (Å²) in [4.78, 5) is 4.31. The summed E-state index contributed by atoms with van der Waals surface area (Å²) in [7, 11) is 0.0908. The minimum absolute atomic E-state index is 0.00760. The van der Waals surface area contributed by atoms with Gasteiger partial charge in [0.05, 0.1) is 12.7 Å². The van der Waals surface area contributed by atoms with Crippen LogP contribution < -0.4 is 9.46 Å². The normalized spacial score (nSPS) is 24.3. The first-order valence-electron chi connectivity index (χ1n) is 11.2. The van der Waals surface area contributed by atoms with Crippen molar-refractivity contribution in [1.82, 2.24) is 14.5 Å². The highest BCUT2D eigenvalue weighted by Crippen LogP contribution is 2.36. The summed E-state index contributed by atoms with van der Waals surface area (Å²) in [5, 5.41) is 10.4. The molecular formula is C24H32FN3O4S. The summed E-state index contributed by atoms with van der Waals surface area (Å²) in [6.45, 7) is 3.16. The number of ether oxygens (including phenoxy) is 1. The zero-order valence-electron chi connectivity index (χ0n) is 19.1. The molecule has 1 spiro atoms. The molecule has 2 aromatic carbocycles. The average Bonchev–Trinajstić information content (AvgIpc) is 2.78. The second-order valence-corrected chi connectivity index (χ2v) is 11.2. The maximum Gasteiger partial charge on any atom is 0.244 e. The van der Waals surface area contributed by atoms with E-state index < -0.39 is 16.1 Å². The average molecular weight is 478 g/mol. The number of aliphatic hydroxyl groups excluding tert-OH is 1. The number of likely N-dealkylation sites (N-methyl/N-ethyl adjacent to an activating group) is 1. The summed E-state index contributed by atoms with van der Waals surface area (Å²) in [5.41, 5.74) is 0.746. The van der Waals surface area contributed by atoms with Gasteiger partial charge in [0, 0.05) is 30.6 Å². The molecule has 1 unspecified atom stereocenters. The Bertz CT molecular complexity index is 1090. The third kappa shape index (κ3) is 5.55. The largest absolute Gasteiger partial charge is 0.492 e. The van der Waals surface area contributed by atoms with Crippen molar-refractivity contribution in [2.24, 2.45) is 5.41 Å². The number of β-amino-alcohol motifs (C(OH)–C–C–N with tert-alkyl or cyclic N) is 1. The van der Waals surface area contributed by atoms with Crippen LogP contribution in [-0.4, -0.2) is 82.9 Å². The fourth-order valence-electron chi connectivity index (χ4n) is 4.72. The smallest absolute Gasteiger partial charge is 0.244 e. The minimum Gasteiger partial charge on any atom is -0.492 e. The van der Waals surface area contributed by atoms with Gasteiger partial charge in [-0.3, -0.25) is 0 Å². The molecule has 0 amide bonds. The van der Waals surface area contributed by atoms with Gasteiger partial charge >= 0.3 is 0 Å². The molecule has 2 heterocycles. The molecule has 1 atom stereocenters. The lowest BCUT2D eigenvalue weighted by atomic mass is 9.78. The Kier molecular flexibility index (Phi) is 7.07. The number of piperidine rings is 1. The Morgan fingerprint density at radius 1 is 1.12 bits per heavy atom. The quantitative estimate of drug-likeness (QED) is 0.655. The van der Waals surface area contributed by atoms with Gasteiger partial charge in [-0.05, 0) is 63.8 Å². The molecule has 0 bridgehead atoms. The van der Waals surface area contributed by atoms with E-state index in [0.29, 0.717) is 24.3 Å². The van der Waals surface area contributed by atoms with Gasteiger partial charge in [0.1, 0.15) is 16.5 Å². The molecule has 1 saturated heterocycles. The van der Waals surface area contributed by atoms with Crippen molar-refractivity contribution in [3.05, 3.63) is 48.3 Å². The second-order valence-electron chi connectivity index (χ2n) is 9.44. The molecule has 33 heavy (non-hydrogen) atoms. The zero-order chi connectivity index (χ0) is 23.6. The lowest BCUT2D eigenvalue weighted by Gasteiger charge is -2.43. The Morgan fingerprint density at radius 3 is 2.58 bits per heavy atom. The van der Waals surface area contributed by atoms with E-state index in [1.165, 1.54) is 12.1 Å². The lowest BCUT2D eigenvalue weighted by molar-refractivity contribution is 0.0219. The van der Waals surface area contributed by atoms with Gasteiger partial charge in [-0.1, -0.05) is 24.3 Å². The molecule has 0 saturated carbocycles. The molecule has 1 fully saturated rings. The zero-order valence-corrected chi connectivity index (χ0v) is 19.9. The summed E-state index contributed by atoms with van der Waals surface area (Å²) in [6, 6.07) is 11.0. The molecule has 7 nitrogen and oxygen atoms in total. The third-order valence-electron chi connectivity index (χ3n) is 6.64. The second kappa shape index (κ2) is 9.68. The Labute approximate surface area is 195 Å². The van der Waals surface area contributed by atoms with Crippen LogP contribution in [-0.2, 0) is 10.0 Å². The van der Waals surface area contributed by atoms with Gasteiger partial charge in [-0.25, -0.2) is 17.5 Å². The number of benzene rings is 2. The number of sulfonamides is 1. The van der Waals surface area contributed by atoms with E-state index in [0.717, 1.165) is 32.5 Å². The molecule has 0 aliphatic carbocycles. The van der Waals surface area contributed by atoms with Crippen LogP contribution in [0.3, 0.4) is 0 Å². The highest BCUT2D eigenvalue weighted by molar-refractivity contribution is 7.89. The molecule has 4 rings (SSSR count). The van der Waals surface area contributed by atoms with Crippen molar-refractivity contribution in [3.8, 4) is 16.9 Å². The molecule has 2 N–H and O–H groups in total. The highest BCUT2D eigenvalue weighted by Gasteiger charge is 2.37. The van der Waals surface area contributed by atoms with Crippen LogP contribution in [0.4, 0.5) is 4.39 Å². The molecule has 0 aromatic heterocycles. The molecule has 2 aliphatic heterocycles. The Hall–Kier alpha value is -2.04. The topological polar surface area (TPSA) is 82.1 Å². The van der Waals surface area contributed by atoms with E-state index >= 15 is 0 Å². The van der Waals surface area contributed by atoms with Crippen molar-refractivity contribution in [3.63, 3.8) is 0 Å². The number of nitrogens with zero attached hydrogens (tertiary/aromatic N) is 2. The molecule has 9 heteroatoms. The van der Waals surface area contributed by atoms with Crippen molar-refractivity contribution in [2.75, 3.05) is 53.4 Å². The minimum atomic E-state index is -3.94. The fourth-order valence-corrected chi connectivity index (χ4v) is 5.92. The van der Waals surface area contributed by atoms with Crippen LogP contribution in [0.2, 0.25) is 0 Å². The molecule has 2 aliphatic rings. The molecule has 180 valence electrons. The highest BCUT2D eigenvalue weighted by atomic mass is 32.2. The maximum atomic E-state index is 14.4. The predicted octanol–water partition coefficient (Wildman–Crippen LogP) is 2.17. The first-order valence-corrected chi connectivity index (χ1v) is 12.7. The summed E-state index contributed by atoms with van der Waals surface area (Å²) < 4.78 is 49.3. The first kappa shape index (κ1) is 24.1. The summed E-state index contributed by atoms with van der Waals surface area (Å²) in [6.07, 6.45) is 0.962. The van der Waals surface area contributed by atoms with E-state index in [4.69, 9.17) is 4.74 Å². The van der Waals surface area contributed by atoms with Gasteiger partial charge in [-0.2, -0.15) is 0 Å². The van der Waals surface area contributed by atoms with Crippen LogP contribution in [0.15, 0.2) is 47.4 Å². The van der Waals surface area contributed by atoms with Crippen molar-refractivity contribution in [1.29, 1.82) is 0 Å². The van der Waals surface area contributed by atoms with Gasteiger partial charge in [0.15, 0.2) is 0 Å². The summed E-state index contributed by atoms with van der Waals surface area (Å²) in [5.74, 6) is -0.192. The van der Waals surface area contributed by atoms with Crippen LogP contribution in [0.25, 0.3) is 11.1 Å². The number of hydrogen-bond donors (Lipinski definition) is 2. The number of rotatable bonds is 1. The van der Waals surface area contributed by atoms with Gasteiger partial charge in [0.2, 0.25) is 10.0 Å². The molecule has 0 radical (unpaired) electrons. The number of aliphatic hydroxyl groups is 1. The van der Waals surface area contributed by atoms with E-state index in [-0.39, 0.29) is 28.4 Å². The maximum absolute atomic E-state index is 14.4. The first-order chi connectivity index (χ1) is 15.7. The number of likely N-dealkylation sites (tertiary alicyclic amines) is 1. The number of halogens is 1. The number of fused-ring (bicyclic) bond motifs is 1. The number of nitrogens with one attached hydrogen (secondary N) is 1. The third-order valence-corrected chi connectivity index (χ3v) is 8.10. The van der Waals surface area contributed by atoms with Crippen molar-refractivity contribution in [2.45, 2.75) is 23.8 Å². The monoisotopic (exact) mass is 477 g/mol. The van der Waals surface area contributed by atoms with E-state index in [9.17, 15) is 17.9 Å². The standard InChI is InChI=1S/C24H32FN3O4S/c1-27-11-9-24(10-12-27)16-28(2)15-19(29)14-26-33(30,31)23-8-7-18(13-22(23)32-17-24)20-5-3-4-6-21(20)25/h3-8,13,19,26,29H,9-12,14-17H2,1-2H3. The van der Waals surface area contributed by atoms with Crippen LogP contribution in [0.5, 0.6) is 5.75 Å². The lowest BCUT2D eigenvalue weighted by Crippen LogP contribution is -2.50. The van der Waals surface area contributed by atoms with Crippen LogP contribution in [0.1, 0.15) is 12.8 Å². The van der Waals surface area contributed by atoms with Gasteiger partial charge < -0.3 is 19.6 Å².